The molecule has 8 heteroatoms. The average Bonchev–Trinajstić information content (AvgIpc) is 3.40. The number of anilines is 1. The molecule has 1 unspecified atom stereocenters. The standard InChI is InChI=1S/C22H19N7O/c30-22(12-3-4-12)26-15-6-14(9-23-10-15)17-8-16-19(11-25-17)28-29-20(16)18-7-13-2-1-5-24-21(13)27-18/h1-2,5-12,22,26,30H,3-4H2,(H,24,27)(H,28,29). The summed E-state index contributed by atoms with van der Waals surface area (Å²) in [6.07, 6.45) is 8.62. The predicted molar refractivity (Wildman–Crippen MR) is 115 cm³/mol. The van der Waals surface area contributed by atoms with Crippen molar-refractivity contribution < 1.29 is 5.11 Å². The Morgan fingerprint density at radius 2 is 2.03 bits per heavy atom. The summed E-state index contributed by atoms with van der Waals surface area (Å²) in [7, 11) is 0. The number of pyridine rings is 3. The molecule has 0 radical (unpaired) electrons. The zero-order valence-electron chi connectivity index (χ0n) is 16.0. The first kappa shape index (κ1) is 17.1. The summed E-state index contributed by atoms with van der Waals surface area (Å²) in [4.78, 5) is 16.6. The Balaban J connectivity index is 1.39. The lowest BCUT2D eigenvalue weighted by Crippen LogP contribution is -2.20. The molecule has 5 aromatic heterocycles. The maximum atomic E-state index is 10.2. The van der Waals surface area contributed by atoms with Gasteiger partial charge in [0.15, 0.2) is 0 Å². The fourth-order valence-electron chi connectivity index (χ4n) is 3.72. The third kappa shape index (κ3) is 2.98. The molecule has 0 amide bonds. The van der Waals surface area contributed by atoms with Crippen LogP contribution in [0.4, 0.5) is 5.69 Å². The van der Waals surface area contributed by atoms with Crippen LogP contribution < -0.4 is 5.32 Å². The number of aliphatic hydroxyl groups excluding tert-OH is 1. The van der Waals surface area contributed by atoms with Gasteiger partial charge in [-0.2, -0.15) is 5.10 Å². The molecule has 30 heavy (non-hydrogen) atoms. The Labute approximate surface area is 171 Å². The predicted octanol–water partition coefficient (Wildman–Crippen LogP) is 3.70. The van der Waals surface area contributed by atoms with Gasteiger partial charge in [-0.3, -0.25) is 15.1 Å². The van der Waals surface area contributed by atoms with E-state index in [-0.39, 0.29) is 0 Å². The van der Waals surface area contributed by atoms with E-state index < -0.39 is 6.23 Å². The van der Waals surface area contributed by atoms with Gasteiger partial charge in [-0.05, 0) is 43.2 Å². The molecule has 1 atom stereocenters. The van der Waals surface area contributed by atoms with Crippen LogP contribution >= 0.6 is 0 Å². The minimum Gasteiger partial charge on any atom is -0.374 e. The summed E-state index contributed by atoms with van der Waals surface area (Å²) in [5, 5.41) is 22.8. The maximum absolute atomic E-state index is 10.2. The zero-order chi connectivity index (χ0) is 20.1. The molecule has 1 aliphatic rings. The molecule has 0 aromatic carbocycles. The van der Waals surface area contributed by atoms with Gasteiger partial charge in [0.05, 0.1) is 35.0 Å². The van der Waals surface area contributed by atoms with E-state index in [1.807, 2.05) is 30.3 Å². The SMILES string of the molecule is OC(Nc1cncc(-c2cc3c(-c4cc5cccnc5[nH]4)n[nH]c3cn2)c1)C1CC1. The van der Waals surface area contributed by atoms with Crippen molar-refractivity contribution in [3.05, 3.63) is 55.1 Å². The van der Waals surface area contributed by atoms with Crippen LogP contribution in [0.1, 0.15) is 12.8 Å². The quantitative estimate of drug-likeness (QED) is 0.336. The van der Waals surface area contributed by atoms with Gasteiger partial charge in [-0.25, -0.2) is 4.98 Å². The van der Waals surface area contributed by atoms with E-state index in [2.05, 4.69) is 35.5 Å². The third-order valence-electron chi connectivity index (χ3n) is 5.51. The summed E-state index contributed by atoms with van der Waals surface area (Å²) in [6, 6.07) is 9.94. The lowest BCUT2D eigenvalue weighted by molar-refractivity contribution is 0.180. The van der Waals surface area contributed by atoms with Crippen molar-refractivity contribution >= 4 is 27.6 Å². The van der Waals surface area contributed by atoms with E-state index in [9.17, 15) is 5.11 Å². The molecule has 0 aliphatic heterocycles. The van der Waals surface area contributed by atoms with E-state index in [0.29, 0.717) is 5.92 Å². The van der Waals surface area contributed by atoms with Gasteiger partial charge < -0.3 is 15.4 Å². The first-order valence-electron chi connectivity index (χ1n) is 9.93. The number of aromatic amines is 2. The van der Waals surface area contributed by atoms with Crippen molar-refractivity contribution in [2.45, 2.75) is 19.1 Å². The average molecular weight is 397 g/mol. The van der Waals surface area contributed by atoms with E-state index in [1.54, 1.807) is 24.8 Å². The number of hydrogen-bond acceptors (Lipinski definition) is 6. The summed E-state index contributed by atoms with van der Waals surface area (Å²) in [5.41, 5.74) is 5.84. The number of nitrogens with zero attached hydrogens (tertiary/aromatic N) is 4. The minimum atomic E-state index is -0.534. The number of hydrogen-bond donors (Lipinski definition) is 4. The second-order valence-corrected chi connectivity index (χ2v) is 7.70. The highest BCUT2D eigenvalue weighted by Gasteiger charge is 2.29. The Morgan fingerprint density at radius 3 is 2.90 bits per heavy atom. The van der Waals surface area contributed by atoms with Crippen LogP contribution in [0.15, 0.2) is 55.1 Å². The second kappa shape index (κ2) is 6.64. The first-order valence-corrected chi connectivity index (χ1v) is 9.93. The summed E-state index contributed by atoms with van der Waals surface area (Å²) >= 11 is 0. The topological polar surface area (TPSA) is 115 Å². The van der Waals surface area contributed by atoms with Gasteiger partial charge in [0.25, 0.3) is 0 Å². The van der Waals surface area contributed by atoms with Crippen molar-refractivity contribution in [1.82, 2.24) is 30.1 Å². The maximum Gasteiger partial charge on any atom is 0.137 e. The summed E-state index contributed by atoms with van der Waals surface area (Å²) in [5.74, 6) is 0.336. The van der Waals surface area contributed by atoms with Crippen LogP contribution in [0, 0.1) is 5.92 Å². The fraction of sp³-hybridized carbons (Fsp3) is 0.182. The Hall–Kier alpha value is -3.78. The molecule has 0 saturated heterocycles. The van der Waals surface area contributed by atoms with Crippen molar-refractivity contribution in [3.8, 4) is 22.6 Å². The van der Waals surface area contributed by atoms with Gasteiger partial charge in [0.1, 0.15) is 17.6 Å². The lowest BCUT2D eigenvalue weighted by atomic mass is 10.1. The van der Waals surface area contributed by atoms with Crippen LogP contribution in [0.3, 0.4) is 0 Å². The third-order valence-corrected chi connectivity index (χ3v) is 5.51. The van der Waals surface area contributed by atoms with Gasteiger partial charge >= 0.3 is 0 Å². The molecule has 1 saturated carbocycles. The molecule has 8 nitrogen and oxygen atoms in total. The Morgan fingerprint density at radius 1 is 1.10 bits per heavy atom. The summed E-state index contributed by atoms with van der Waals surface area (Å²) < 4.78 is 0. The Bertz CT molecular complexity index is 1340. The van der Waals surface area contributed by atoms with E-state index in [4.69, 9.17) is 0 Å². The number of aliphatic hydroxyl groups is 1. The van der Waals surface area contributed by atoms with E-state index >= 15 is 0 Å². The number of rotatable bonds is 5. The number of fused-ring (bicyclic) bond motifs is 2. The second-order valence-electron chi connectivity index (χ2n) is 7.70. The molecule has 1 aliphatic carbocycles. The van der Waals surface area contributed by atoms with Gasteiger partial charge in [-0.15, -0.1) is 0 Å². The normalized spacial score (nSPS) is 15.0. The van der Waals surface area contributed by atoms with E-state index in [1.165, 1.54) is 0 Å². The smallest absolute Gasteiger partial charge is 0.137 e. The van der Waals surface area contributed by atoms with Crippen LogP contribution in [-0.2, 0) is 0 Å². The van der Waals surface area contributed by atoms with Gasteiger partial charge in [0.2, 0.25) is 0 Å². The molecule has 0 bridgehead atoms. The zero-order valence-corrected chi connectivity index (χ0v) is 16.0. The van der Waals surface area contributed by atoms with Crippen LogP contribution in [0.2, 0.25) is 0 Å². The highest BCUT2D eigenvalue weighted by atomic mass is 16.3. The van der Waals surface area contributed by atoms with Gasteiger partial charge in [0, 0.05) is 34.6 Å². The van der Waals surface area contributed by atoms with E-state index in [0.717, 1.165) is 63.1 Å². The molecule has 6 rings (SSSR count). The minimum absolute atomic E-state index is 0.336. The van der Waals surface area contributed by atoms with Crippen molar-refractivity contribution in [2.24, 2.45) is 5.92 Å². The number of aromatic nitrogens is 6. The van der Waals surface area contributed by atoms with Crippen LogP contribution in [0.25, 0.3) is 44.6 Å². The molecule has 148 valence electrons. The van der Waals surface area contributed by atoms with Crippen LogP contribution in [0.5, 0.6) is 0 Å². The highest BCUT2D eigenvalue weighted by molar-refractivity contribution is 5.96. The molecule has 0 spiro atoms. The molecule has 5 aromatic rings. The first-order chi connectivity index (χ1) is 14.7. The highest BCUT2D eigenvalue weighted by Crippen LogP contribution is 2.34. The molecular formula is C22H19N7O. The lowest BCUT2D eigenvalue weighted by Gasteiger charge is -2.13. The Kier molecular flexibility index (Phi) is 3.78. The number of nitrogens with one attached hydrogen (secondary N) is 3. The molecule has 1 fully saturated rings. The van der Waals surface area contributed by atoms with Crippen molar-refractivity contribution in [3.63, 3.8) is 0 Å². The van der Waals surface area contributed by atoms with Gasteiger partial charge in [-0.1, -0.05) is 0 Å². The van der Waals surface area contributed by atoms with Crippen molar-refractivity contribution in [1.29, 1.82) is 0 Å². The molecular weight excluding hydrogens is 378 g/mol. The number of H-pyrrole nitrogens is 2. The summed E-state index contributed by atoms with van der Waals surface area (Å²) in [6.45, 7) is 0. The van der Waals surface area contributed by atoms with Crippen LogP contribution in [-0.4, -0.2) is 41.5 Å². The monoisotopic (exact) mass is 397 g/mol. The fourth-order valence-corrected chi connectivity index (χ4v) is 3.72. The van der Waals surface area contributed by atoms with Crippen molar-refractivity contribution in [2.75, 3.05) is 5.32 Å². The molecule has 4 N–H and O–H groups in total. The molecule has 5 heterocycles. The largest absolute Gasteiger partial charge is 0.374 e.